The van der Waals surface area contributed by atoms with E-state index in [9.17, 15) is 44.2 Å². The number of H-pyrrole nitrogens is 4. The number of nitro groups is 2. The van der Waals surface area contributed by atoms with Crippen molar-refractivity contribution in [3.05, 3.63) is 154 Å². The molecule has 0 aliphatic carbocycles. The van der Waals surface area contributed by atoms with E-state index in [1.807, 2.05) is 82.2 Å². The Labute approximate surface area is 624 Å². The Morgan fingerprint density at radius 1 is 0.509 bits per heavy atom. The minimum absolute atomic E-state index is 0.0141. The van der Waals surface area contributed by atoms with Crippen LogP contribution < -0.4 is 39.4 Å². The van der Waals surface area contributed by atoms with Crippen LogP contribution in [0.4, 0.5) is 22.7 Å². The largest absolute Gasteiger partial charge is 0.480 e. The van der Waals surface area contributed by atoms with Crippen LogP contribution >= 0.6 is 15.9 Å². The van der Waals surface area contributed by atoms with Crippen molar-refractivity contribution in [1.82, 2.24) is 19.9 Å². The van der Waals surface area contributed by atoms with Crippen LogP contribution in [0.5, 0.6) is 0 Å². The lowest BCUT2D eigenvalue weighted by Gasteiger charge is -2.28. The van der Waals surface area contributed by atoms with E-state index in [0.29, 0.717) is 121 Å². The number of aromatic amines is 4. The van der Waals surface area contributed by atoms with Crippen molar-refractivity contribution in [3.8, 4) is 0 Å². The predicted molar refractivity (Wildman–Crippen MR) is 420 cm³/mol. The predicted octanol–water partition coefficient (Wildman–Crippen LogP) is 10.2. The number of benzene rings is 4. The number of rotatable bonds is 20. The Balaban J connectivity index is 0.000000245. The van der Waals surface area contributed by atoms with Crippen molar-refractivity contribution >= 4 is 102 Å². The van der Waals surface area contributed by atoms with Crippen molar-refractivity contribution in [2.24, 2.45) is 53.4 Å². The minimum atomic E-state index is -0.834. The van der Waals surface area contributed by atoms with E-state index in [1.165, 1.54) is 12.1 Å². The van der Waals surface area contributed by atoms with Gasteiger partial charge in [-0.15, -0.1) is 0 Å². The summed E-state index contributed by atoms with van der Waals surface area (Å²) in [5, 5.41) is 22.3. The molecule has 0 spiro atoms. The number of hydrogen-bond donors (Lipinski definition) is 7. The average Bonchev–Trinajstić information content (AvgIpc) is 0.789. The van der Waals surface area contributed by atoms with E-state index < -0.39 is 50.1 Å². The van der Waals surface area contributed by atoms with Gasteiger partial charge in [0.25, 0.3) is 11.4 Å². The Hall–Kier alpha value is -10.1. The molecule has 0 fully saturated rings. The second-order valence-corrected chi connectivity index (χ2v) is 26.3. The first-order valence-corrected chi connectivity index (χ1v) is 36.6. The highest BCUT2D eigenvalue weighted by molar-refractivity contribution is 9.08. The number of nitrogens with zero attached hydrogens (tertiary/aromatic N) is 8. The smallest absolute Gasteiger partial charge is 0.323 e. The van der Waals surface area contributed by atoms with Gasteiger partial charge in [0.2, 0.25) is 35.4 Å². The highest BCUT2D eigenvalue weighted by Crippen LogP contribution is 2.33. The number of esters is 1. The molecule has 0 radical (unpaired) electrons. The van der Waals surface area contributed by atoms with Gasteiger partial charge in [-0.05, 0) is 163 Å². The van der Waals surface area contributed by atoms with Crippen LogP contribution in [0.2, 0.25) is 0 Å². The molecular weight excluding hydrogens is 1430 g/mol. The maximum absolute atomic E-state index is 11.9. The zero-order valence-corrected chi connectivity index (χ0v) is 65.5. The molecule has 106 heavy (non-hydrogen) atoms. The molecule has 9 rings (SSSR count). The van der Waals surface area contributed by atoms with Gasteiger partial charge >= 0.3 is 28.2 Å². The fourth-order valence-corrected chi connectivity index (χ4v) is 12.2. The Kier molecular flexibility index (Phi) is 33.4. The topological polar surface area (TPSA) is 452 Å². The summed E-state index contributed by atoms with van der Waals surface area (Å²) >= 11 is 3.24. The number of nitrogens with one attached hydrogen (secondary N) is 4. The molecule has 4 aromatic carbocycles. The maximum atomic E-state index is 11.9. The van der Waals surface area contributed by atoms with Crippen molar-refractivity contribution in [1.29, 1.82) is 0 Å². The summed E-state index contributed by atoms with van der Waals surface area (Å²) in [7, 11) is 0. The summed E-state index contributed by atoms with van der Waals surface area (Å²) in [6, 6.07) is 9.73. The number of aromatic nitrogens is 4. The van der Waals surface area contributed by atoms with Crippen LogP contribution in [-0.4, -0.2) is 160 Å². The van der Waals surface area contributed by atoms with Gasteiger partial charge in [-0.1, -0.05) is 75.7 Å². The van der Waals surface area contributed by atoms with Crippen LogP contribution in [-0.2, 0) is 62.5 Å². The van der Waals surface area contributed by atoms with Gasteiger partial charge < -0.3 is 70.3 Å². The molecule has 5 heterocycles. The molecule has 3 unspecified atom stereocenters. The second kappa shape index (κ2) is 41.0. The third-order valence-electron chi connectivity index (χ3n) is 17.1. The number of anilines is 2. The van der Waals surface area contributed by atoms with Gasteiger partial charge in [0.15, 0.2) is 0 Å². The number of aliphatic imine (C=N–C) groups is 6. The van der Waals surface area contributed by atoms with Crippen LogP contribution in [0.15, 0.2) is 91.6 Å². The first-order valence-electron chi connectivity index (χ1n) is 35.5. The van der Waals surface area contributed by atoms with Gasteiger partial charge in [-0.25, -0.2) is 30.0 Å². The number of halogens is 1. The highest BCUT2D eigenvalue weighted by atomic mass is 79.9. The summed E-state index contributed by atoms with van der Waals surface area (Å²) in [4.78, 5) is 118. The average molecular weight is 1540 g/mol. The normalized spacial score (nSPS) is 17.0. The molecule has 31 nitrogen and oxygen atoms in total. The number of carbonyl (C=O) groups excluding carboxylic acids is 1. The number of ether oxygens (including phenoxy) is 7. The lowest BCUT2D eigenvalue weighted by molar-refractivity contribution is -0.384. The summed E-state index contributed by atoms with van der Waals surface area (Å²) in [5.41, 5.74) is 25.0. The summed E-state index contributed by atoms with van der Waals surface area (Å²) < 4.78 is 38.8. The van der Waals surface area contributed by atoms with Crippen molar-refractivity contribution in [2.75, 3.05) is 64.3 Å². The van der Waals surface area contributed by atoms with Crippen LogP contribution in [0.1, 0.15) is 140 Å². The third kappa shape index (κ3) is 22.7. The maximum Gasteiger partial charge on any atom is 0.323 e. The fourth-order valence-electron chi connectivity index (χ4n) is 11.5. The quantitative estimate of drug-likeness (QED) is 0.00932. The van der Waals surface area contributed by atoms with Crippen LogP contribution in [0, 0.1) is 72.6 Å². The number of carbonyl (C=O) groups is 1. The first kappa shape index (κ1) is 86.5. The number of nitrogen functional groups attached to an aromatic ring is 2. The summed E-state index contributed by atoms with van der Waals surface area (Å²) in [5.74, 6) is 4.04. The van der Waals surface area contributed by atoms with Crippen molar-refractivity contribution < 1.29 is 47.8 Å². The third-order valence-corrected chi connectivity index (χ3v) is 17.7. The molecular formula is C74H104BrN15O16. The molecule has 578 valence electrons. The van der Waals surface area contributed by atoms with E-state index in [4.69, 9.17) is 70.3 Å². The van der Waals surface area contributed by atoms with Crippen molar-refractivity contribution in [2.45, 2.75) is 185 Å². The van der Waals surface area contributed by atoms with Gasteiger partial charge in [0.05, 0.1) is 78.2 Å². The molecule has 2 aromatic heterocycles. The molecule has 0 amide bonds. The van der Waals surface area contributed by atoms with E-state index in [0.717, 1.165) is 56.3 Å². The lowest BCUT2D eigenvalue weighted by atomic mass is 9.96. The number of nitro benzene ring substituents is 2. The number of hydrogen-bond acceptors (Lipinski definition) is 25. The number of aryl methyl sites for hydroxylation is 4. The number of alkyl halides is 1. The SMILES string of the molecule is CCOC(=O)C(N)Cc1c(C)c(C)cc2[nH]c(=O)c(=O)[nH]c12.CCOC1=N[C@@H](C(C)C)C(OCC)=NC1.CCOC1=N[C@H](C(C)C)C(OCC)=NC1Cc1c(C)ccc([N+](=O)[O-])c1N.CCOC1=N[C@H](C(C)C)C(OCC)=NC1Cc1c(C)ccc2[nH]c(=O)c(=O)[nH]c12.Cc1ccc([N+](=O)[O-])c(N)c1CBr. The molecule has 6 aromatic rings. The van der Waals surface area contributed by atoms with E-state index in [-0.39, 0.29) is 71.8 Å². The molecule has 0 saturated heterocycles. The number of nitrogens with two attached hydrogens (primary N) is 3. The van der Waals surface area contributed by atoms with Crippen LogP contribution in [0.25, 0.3) is 22.1 Å². The van der Waals surface area contributed by atoms with E-state index in [2.05, 4.69) is 87.4 Å². The molecule has 6 atom stereocenters. The van der Waals surface area contributed by atoms with Gasteiger partial charge in [0, 0.05) is 36.7 Å². The molecule has 0 saturated carbocycles. The fraction of sp³-hybridized carbons (Fsp3) is 0.527. The molecule has 3 aliphatic heterocycles. The lowest BCUT2D eigenvalue weighted by Crippen LogP contribution is -2.39. The molecule has 32 heteroatoms. The molecule has 3 aliphatic rings. The standard InChI is InChI=1S/C21H28N4O4.C19H28N4O4.C15H19N3O4.C11H20N2O2.C8H9BrN2O2/c1-6-28-20-15(23-21(29-7-2)16(25-20)11(3)4)10-13-12(5)8-9-14-17(13)24-19(27)18(26)22-14;1-6-26-18-14(21-19(27-7-2)17(22-18)11(3)4)10-13-12(5)8-9-15(16(13)20)23(24)25;1-4-22-15(21)10(16)6-9-8(3)7(2)5-11-12(9)18-14(20)13(19)17-11;1-5-14-9-7-12-11(15-6-2)10(13-9)8(3)4;1-5-2-3-7(11(12)13)8(10)6(5)4-9/h8-9,11,15-16H,6-7,10H2,1-5H3,(H,22,26)(H,24,27);8-9,11,14,17H,6-7,10,20H2,1-5H3;5,10H,4,6,16H2,1-3H3,(H,17,19)(H,18,20);8,10H,5-7H2,1-4H3;2-3H,4,10H2,1H3/t15?,16-;14?,17-;;10-;/m11.0./s1. The summed E-state index contributed by atoms with van der Waals surface area (Å²) in [6.45, 7) is 39.2. The Morgan fingerprint density at radius 2 is 0.906 bits per heavy atom. The first-order chi connectivity index (χ1) is 50.2. The second-order valence-electron chi connectivity index (χ2n) is 25.8. The zero-order valence-electron chi connectivity index (χ0n) is 63.9. The molecule has 0 bridgehead atoms. The Bertz CT molecular complexity index is 4510. The van der Waals surface area contributed by atoms with E-state index in [1.54, 1.807) is 31.2 Å². The summed E-state index contributed by atoms with van der Waals surface area (Å²) in [6.07, 6.45) is 1.04. The van der Waals surface area contributed by atoms with Crippen molar-refractivity contribution in [3.63, 3.8) is 0 Å². The highest BCUT2D eigenvalue weighted by Gasteiger charge is 2.35. The van der Waals surface area contributed by atoms with Crippen LogP contribution in [0.3, 0.4) is 0 Å². The number of fused-ring (bicyclic) bond motifs is 2. The zero-order chi connectivity index (χ0) is 79.0. The van der Waals surface area contributed by atoms with E-state index >= 15 is 0 Å². The molecule has 10 N–H and O–H groups in total. The van der Waals surface area contributed by atoms with Gasteiger partial charge in [0.1, 0.15) is 54.2 Å². The monoisotopic (exact) mass is 1540 g/mol. The van der Waals surface area contributed by atoms with Gasteiger partial charge in [-0.2, -0.15) is 0 Å². The van der Waals surface area contributed by atoms with Gasteiger partial charge in [-0.3, -0.25) is 44.2 Å². The Morgan fingerprint density at radius 3 is 1.36 bits per heavy atom. The minimum Gasteiger partial charge on any atom is -0.480 e.